The van der Waals surface area contributed by atoms with Crippen LogP contribution in [0.2, 0.25) is 0 Å². The highest BCUT2D eigenvalue weighted by Gasteiger charge is 2.29. The molecule has 1 saturated heterocycles. The monoisotopic (exact) mass is 540 g/mol. The number of piperidine rings is 1. The van der Waals surface area contributed by atoms with Gasteiger partial charge in [0.05, 0.1) is 25.5 Å². The number of rotatable bonds is 6. The van der Waals surface area contributed by atoms with Crippen molar-refractivity contribution in [1.29, 1.82) is 0 Å². The molecule has 0 aliphatic carbocycles. The Morgan fingerprint density at radius 3 is 2.72 bits per heavy atom. The van der Waals surface area contributed by atoms with Crippen LogP contribution < -0.4 is 5.32 Å². The number of amides is 1. The Morgan fingerprint density at radius 2 is 1.97 bits per heavy atom. The van der Waals surface area contributed by atoms with E-state index in [4.69, 9.17) is 4.74 Å². The number of nitrogens with zero attached hydrogens (tertiary/aromatic N) is 4. The predicted octanol–water partition coefficient (Wildman–Crippen LogP) is 4.89. The number of fused-ring (bicyclic) bond motifs is 4. The van der Waals surface area contributed by atoms with Crippen LogP contribution in [0.15, 0.2) is 30.7 Å². The second kappa shape index (κ2) is 9.95. The number of likely N-dealkylation sites (tertiary alicyclic amines) is 1. The molecule has 1 fully saturated rings. The Kier molecular flexibility index (Phi) is 6.58. The van der Waals surface area contributed by atoms with Gasteiger partial charge in [0.15, 0.2) is 5.65 Å². The van der Waals surface area contributed by atoms with Crippen molar-refractivity contribution in [2.75, 3.05) is 26.2 Å². The Bertz CT molecular complexity index is 1530. The predicted molar refractivity (Wildman–Crippen MR) is 140 cm³/mol. The van der Waals surface area contributed by atoms with Gasteiger partial charge in [-0.3, -0.25) is 9.69 Å². The van der Waals surface area contributed by atoms with E-state index in [0.717, 1.165) is 46.4 Å². The maximum atomic E-state index is 12.4. The number of carbonyl (C=O) groups is 1. The minimum atomic E-state index is -4.40. The summed E-state index contributed by atoms with van der Waals surface area (Å²) in [4.78, 5) is 22.0. The van der Waals surface area contributed by atoms with Gasteiger partial charge in [-0.15, -0.1) is 0 Å². The lowest BCUT2D eigenvalue weighted by atomic mass is 9.87. The third kappa shape index (κ3) is 5.00. The van der Waals surface area contributed by atoms with Gasteiger partial charge in [0.25, 0.3) is 0 Å². The van der Waals surface area contributed by atoms with Crippen LogP contribution in [0.3, 0.4) is 0 Å². The topological polar surface area (TPSA) is 87.6 Å². The van der Waals surface area contributed by atoms with E-state index in [0.29, 0.717) is 32.2 Å². The molecule has 8 nitrogen and oxygen atoms in total. The molecule has 0 atom stereocenters. The van der Waals surface area contributed by atoms with Gasteiger partial charge in [0, 0.05) is 28.2 Å². The molecule has 0 unspecified atom stereocenters. The van der Waals surface area contributed by atoms with Crippen LogP contribution in [-0.4, -0.2) is 62.7 Å². The third-order valence-electron chi connectivity index (χ3n) is 7.90. The lowest BCUT2D eigenvalue weighted by Crippen LogP contribution is -2.43. The molecule has 5 heterocycles. The maximum absolute atomic E-state index is 12.4. The van der Waals surface area contributed by atoms with Gasteiger partial charge < -0.3 is 15.0 Å². The van der Waals surface area contributed by atoms with E-state index in [1.165, 1.54) is 16.5 Å². The molecule has 2 N–H and O–H groups in total. The van der Waals surface area contributed by atoms with Crippen molar-refractivity contribution in [2.45, 2.75) is 57.9 Å². The summed E-state index contributed by atoms with van der Waals surface area (Å²) in [6.07, 6.45) is 0.901. The van der Waals surface area contributed by atoms with Crippen molar-refractivity contribution in [3.63, 3.8) is 0 Å². The van der Waals surface area contributed by atoms with Crippen molar-refractivity contribution >= 4 is 22.5 Å². The average Bonchev–Trinajstić information content (AvgIpc) is 3.64. The number of alkyl halides is 3. The van der Waals surface area contributed by atoms with Gasteiger partial charge in [-0.2, -0.15) is 18.3 Å². The lowest BCUT2D eigenvalue weighted by molar-refractivity contribution is -0.139. The lowest BCUT2D eigenvalue weighted by Gasteiger charge is -2.31. The van der Waals surface area contributed by atoms with Gasteiger partial charge in [0.2, 0.25) is 5.91 Å². The smallest absolute Gasteiger partial charge is 0.372 e. The van der Waals surface area contributed by atoms with Crippen LogP contribution >= 0.6 is 0 Å². The number of halogens is 3. The first-order valence-electron chi connectivity index (χ1n) is 13.3. The van der Waals surface area contributed by atoms with Crippen LogP contribution in [0.4, 0.5) is 13.2 Å². The molecule has 1 amide bonds. The first-order valence-corrected chi connectivity index (χ1v) is 13.3. The van der Waals surface area contributed by atoms with Crippen LogP contribution in [0.5, 0.6) is 0 Å². The van der Waals surface area contributed by atoms with Crippen molar-refractivity contribution in [3.8, 4) is 11.3 Å². The average molecular weight is 541 g/mol. The number of aromatic amines is 1. The fourth-order valence-electron chi connectivity index (χ4n) is 6.02. The van der Waals surface area contributed by atoms with Crippen molar-refractivity contribution < 1.29 is 22.7 Å². The summed E-state index contributed by atoms with van der Waals surface area (Å²) < 4.78 is 44.8. The van der Waals surface area contributed by atoms with Gasteiger partial charge in [-0.1, -0.05) is 19.9 Å². The molecule has 1 aromatic carbocycles. The van der Waals surface area contributed by atoms with Crippen molar-refractivity contribution in [1.82, 2.24) is 29.8 Å². The highest BCUT2D eigenvalue weighted by atomic mass is 19.4. The number of benzene rings is 1. The molecular formula is C28H31F3N6O2. The highest BCUT2D eigenvalue weighted by Crippen LogP contribution is 2.41. The fraction of sp³-hybridized carbons (Fsp3) is 0.464. The molecule has 11 heteroatoms. The van der Waals surface area contributed by atoms with E-state index in [-0.39, 0.29) is 12.5 Å². The van der Waals surface area contributed by atoms with Gasteiger partial charge in [-0.25, -0.2) is 9.50 Å². The minimum absolute atomic E-state index is 0.00927. The Hall–Kier alpha value is -3.44. The number of nitrogens with one attached hydrogen (secondary N) is 2. The number of ether oxygens (including phenoxy) is 1. The summed E-state index contributed by atoms with van der Waals surface area (Å²) in [5.41, 5.74) is 8.79. The maximum Gasteiger partial charge on any atom is 0.405 e. The summed E-state index contributed by atoms with van der Waals surface area (Å²) in [6, 6.07) is 6.59. The molecule has 0 spiro atoms. The summed E-state index contributed by atoms with van der Waals surface area (Å²) >= 11 is 0. The molecule has 0 bridgehead atoms. The van der Waals surface area contributed by atoms with Crippen LogP contribution in [0.1, 0.15) is 60.8 Å². The SMILES string of the molecule is CC(C)c1c(-c2cn3ncnc3c3c2COC3)[nH]c2ccc(C3CCN(CC(=O)NCC(F)(F)F)CC3)cc12. The van der Waals surface area contributed by atoms with Gasteiger partial charge >= 0.3 is 6.18 Å². The van der Waals surface area contributed by atoms with E-state index >= 15 is 0 Å². The van der Waals surface area contributed by atoms with E-state index in [1.807, 2.05) is 20.9 Å². The van der Waals surface area contributed by atoms with Crippen LogP contribution in [-0.2, 0) is 22.7 Å². The fourth-order valence-corrected chi connectivity index (χ4v) is 6.02. The van der Waals surface area contributed by atoms with Crippen LogP contribution in [0.25, 0.3) is 27.8 Å². The van der Waals surface area contributed by atoms with Gasteiger partial charge in [0.1, 0.15) is 12.9 Å². The molecule has 3 aromatic heterocycles. The summed E-state index contributed by atoms with van der Waals surface area (Å²) in [7, 11) is 0. The van der Waals surface area contributed by atoms with Gasteiger partial charge in [-0.05, 0) is 66.6 Å². The molecular weight excluding hydrogens is 509 g/mol. The Labute approximate surface area is 223 Å². The second-order valence-electron chi connectivity index (χ2n) is 10.8. The quantitative estimate of drug-likeness (QED) is 0.364. The molecule has 2 aliphatic rings. The zero-order valence-corrected chi connectivity index (χ0v) is 21.9. The number of carbonyl (C=O) groups excluding carboxylic acids is 1. The Morgan fingerprint density at radius 1 is 1.21 bits per heavy atom. The first kappa shape index (κ1) is 25.8. The minimum Gasteiger partial charge on any atom is -0.372 e. The van der Waals surface area contributed by atoms with E-state index in [1.54, 1.807) is 6.33 Å². The summed E-state index contributed by atoms with van der Waals surface area (Å²) in [5.74, 6) is 0.00598. The zero-order valence-electron chi connectivity index (χ0n) is 21.9. The van der Waals surface area contributed by atoms with Crippen molar-refractivity contribution in [3.05, 3.63) is 53.0 Å². The molecule has 206 valence electrons. The molecule has 0 saturated carbocycles. The normalized spacial score (nSPS) is 17.0. The number of aromatic nitrogens is 4. The molecule has 39 heavy (non-hydrogen) atoms. The van der Waals surface area contributed by atoms with E-state index in [9.17, 15) is 18.0 Å². The second-order valence-corrected chi connectivity index (χ2v) is 10.8. The molecule has 4 aromatic rings. The largest absolute Gasteiger partial charge is 0.405 e. The summed E-state index contributed by atoms with van der Waals surface area (Å²) in [5, 5.41) is 7.54. The number of hydrogen-bond acceptors (Lipinski definition) is 5. The van der Waals surface area contributed by atoms with E-state index in [2.05, 4.69) is 47.1 Å². The Balaban J connectivity index is 1.25. The zero-order chi connectivity index (χ0) is 27.3. The number of hydrogen-bond donors (Lipinski definition) is 2. The third-order valence-corrected chi connectivity index (χ3v) is 7.90. The number of pyridine rings is 1. The standard InChI is InChI=1S/C28H31F3N6O2/c1-16(2)25-19-9-18(17-5-7-36(8-6-17)11-24(38)32-14-28(29,30)31)3-4-23(19)35-26(25)20-10-37-27(33-15-34-37)22-13-39-12-21(20)22/h3-4,9-10,15-17,35H,5-8,11-14H2,1-2H3,(H,32,38). The first-order chi connectivity index (χ1) is 18.7. The highest BCUT2D eigenvalue weighted by molar-refractivity contribution is 5.93. The van der Waals surface area contributed by atoms with Crippen LogP contribution in [0, 0.1) is 0 Å². The molecule has 2 aliphatic heterocycles. The molecule has 6 rings (SSSR count). The number of H-pyrrole nitrogens is 1. The molecule has 0 radical (unpaired) electrons. The van der Waals surface area contributed by atoms with Crippen molar-refractivity contribution in [2.24, 2.45) is 0 Å². The summed E-state index contributed by atoms with van der Waals surface area (Å²) in [6.45, 7) is 5.50. The van der Waals surface area contributed by atoms with E-state index < -0.39 is 18.6 Å².